The van der Waals surface area contributed by atoms with Crippen LogP contribution in [0.3, 0.4) is 0 Å². The zero-order valence-corrected chi connectivity index (χ0v) is 11.6. The minimum absolute atomic E-state index is 0.910. The molecule has 0 N–H and O–H groups in total. The predicted octanol–water partition coefficient (Wildman–Crippen LogP) is 4.46. The molecular weight excluding hydrogens is 232 g/mol. The van der Waals surface area contributed by atoms with Crippen LogP contribution in [-0.2, 0) is 6.42 Å². The van der Waals surface area contributed by atoms with Crippen molar-refractivity contribution >= 4 is 0 Å². The summed E-state index contributed by atoms with van der Waals surface area (Å²) < 4.78 is 0. The second-order valence-corrected chi connectivity index (χ2v) is 4.89. The van der Waals surface area contributed by atoms with Gasteiger partial charge in [-0.05, 0) is 18.4 Å². The van der Waals surface area contributed by atoms with Gasteiger partial charge in [0.2, 0.25) is 0 Å². The van der Waals surface area contributed by atoms with Gasteiger partial charge in [-0.15, -0.1) is 0 Å². The van der Waals surface area contributed by atoms with Crippen LogP contribution in [0.4, 0.5) is 0 Å². The highest BCUT2D eigenvalue weighted by molar-refractivity contribution is 5.57. The summed E-state index contributed by atoms with van der Waals surface area (Å²) in [7, 11) is 0. The minimum atomic E-state index is 0.910. The van der Waals surface area contributed by atoms with Crippen molar-refractivity contribution in [3.63, 3.8) is 0 Å². The Morgan fingerprint density at radius 3 is 2.47 bits per heavy atom. The molecule has 2 aromatic rings. The van der Waals surface area contributed by atoms with Crippen LogP contribution < -0.4 is 0 Å². The van der Waals surface area contributed by atoms with Crippen molar-refractivity contribution in [2.75, 3.05) is 0 Å². The fourth-order valence-electron chi connectivity index (χ4n) is 2.19. The number of hydrogen-bond acceptors (Lipinski definition) is 2. The number of benzene rings is 1. The number of nitrogens with zero attached hydrogens (tertiary/aromatic N) is 2. The molecule has 1 aromatic heterocycles. The van der Waals surface area contributed by atoms with E-state index < -0.39 is 0 Å². The molecule has 0 saturated carbocycles. The fraction of sp³-hybridized carbons (Fsp3) is 0.412. The molecule has 2 heteroatoms. The van der Waals surface area contributed by atoms with E-state index in [0.29, 0.717) is 0 Å². The first-order chi connectivity index (χ1) is 9.40. The fourth-order valence-corrected chi connectivity index (χ4v) is 2.19. The number of aromatic nitrogens is 2. The molecule has 0 amide bonds. The molecule has 0 saturated heterocycles. The van der Waals surface area contributed by atoms with Crippen molar-refractivity contribution in [3.05, 3.63) is 48.4 Å². The molecule has 0 fully saturated rings. The van der Waals surface area contributed by atoms with Gasteiger partial charge in [-0.25, -0.2) is 0 Å². The highest BCUT2D eigenvalue weighted by Gasteiger charge is 1.99. The molecule has 99 valence electrons. The number of aryl methyl sites for hydroxylation is 1. The van der Waals surface area contributed by atoms with Crippen molar-refractivity contribution in [2.24, 2.45) is 0 Å². The van der Waals surface area contributed by atoms with Crippen LogP contribution in [0.15, 0.2) is 36.7 Å². The normalized spacial score (nSPS) is 10.6. The van der Waals surface area contributed by atoms with E-state index >= 15 is 0 Å². The molecule has 0 atom stereocenters. The van der Waals surface area contributed by atoms with Gasteiger partial charge < -0.3 is 0 Å². The van der Waals surface area contributed by atoms with Crippen LogP contribution in [0.25, 0.3) is 11.3 Å². The van der Waals surface area contributed by atoms with Gasteiger partial charge in [-0.1, -0.05) is 56.9 Å². The Kier molecular flexibility index (Phi) is 5.54. The molecule has 1 heterocycles. The summed E-state index contributed by atoms with van der Waals surface area (Å²) in [5, 5.41) is 0. The predicted molar refractivity (Wildman–Crippen MR) is 78.8 cm³/mol. The van der Waals surface area contributed by atoms with Crippen molar-refractivity contribution in [2.45, 2.75) is 45.4 Å². The second-order valence-electron chi connectivity index (χ2n) is 4.89. The van der Waals surface area contributed by atoms with Crippen molar-refractivity contribution < 1.29 is 0 Å². The van der Waals surface area contributed by atoms with Gasteiger partial charge in [0.25, 0.3) is 0 Å². The maximum absolute atomic E-state index is 4.26. The van der Waals surface area contributed by atoms with Gasteiger partial charge in [0.05, 0.1) is 18.1 Å². The van der Waals surface area contributed by atoms with Crippen LogP contribution in [0.1, 0.15) is 44.6 Å². The van der Waals surface area contributed by atoms with E-state index in [0.717, 1.165) is 11.3 Å². The maximum atomic E-state index is 4.26. The largest absolute Gasteiger partial charge is 0.252 e. The van der Waals surface area contributed by atoms with Gasteiger partial charge in [-0.3, -0.25) is 9.97 Å². The van der Waals surface area contributed by atoms with E-state index in [4.69, 9.17) is 0 Å². The molecule has 1 radical (unpaired) electrons. The molecular formula is C17H21N2. The number of rotatable bonds is 7. The van der Waals surface area contributed by atoms with Crippen LogP contribution in [0.2, 0.25) is 0 Å². The smallest absolute Gasteiger partial charge is 0.109 e. The molecule has 19 heavy (non-hydrogen) atoms. The lowest BCUT2D eigenvalue weighted by Gasteiger charge is -2.04. The number of hydrogen-bond donors (Lipinski definition) is 0. The van der Waals surface area contributed by atoms with Crippen molar-refractivity contribution in [1.82, 2.24) is 9.97 Å². The Morgan fingerprint density at radius 2 is 1.79 bits per heavy atom. The molecule has 2 rings (SSSR count). The quantitative estimate of drug-likeness (QED) is 0.681. The molecule has 1 aromatic carbocycles. The third-order valence-corrected chi connectivity index (χ3v) is 3.34. The van der Waals surface area contributed by atoms with Crippen LogP contribution in [0.5, 0.6) is 0 Å². The topological polar surface area (TPSA) is 25.8 Å². The van der Waals surface area contributed by atoms with E-state index in [-0.39, 0.29) is 0 Å². The van der Waals surface area contributed by atoms with E-state index in [9.17, 15) is 0 Å². The first-order valence-electron chi connectivity index (χ1n) is 7.17. The molecule has 0 aliphatic rings. The highest BCUT2D eigenvalue weighted by atomic mass is 14.8. The van der Waals surface area contributed by atoms with Crippen molar-refractivity contribution in [1.29, 1.82) is 0 Å². The minimum Gasteiger partial charge on any atom is -0.252 e. The van der Waals surface area contributed by atoms with E-state index in [1.54, 1.807) is 12.4 Å². The SMILES string of the molecule is CCCCCCCc1ccc(-c2cn[c]cn2)cc1. The Morgan fingerprint density at radius 1 is 1.00 bits per heavy atom. The first-order valence-corrected chi connectivity index (χ1v) is 7.17. The van der Waals surface area contributed by atoms with E-state index in [1.807, 2.05) is 0 Å². The Hall–Kier alpha value is -1.70. The van der Waals surface area contributed by atoms with Crippen LogP contribution in [0, 0.1) is 6.20 Å². The van der Waals surface area contributed by atoms with E-state index in [2.05, 4.69) is 47.4 Å². The van der Waals surface area contributed by atoms with Crippen LogP contribution in [-0.4, -0.2) is 9.97 Å². The van der Waals surface area contributed by atoms with E-state index in [1.165, 1.54) is 44.1 Å². The summed E-state index contributed by atoms with van der Waals surface area (Å²) in [5.74, 6) is 0. The summed E-state index contributed by atoms with van der Waals surface area (Å²) in [6.45, 7) is 2.25. The third-order valence-electron chi connectivity index (χ3n) is 3.34. The average Bonchev–Trinajstić information content (AvgIpc) is 2.49. The summed E-state index contributed by atoms with van der Waals surface area (Å²) in [5.41, 5.74) is 3.44. The first kappa shape index (κ1) is 13.7. The summed E-state index contributed by atoms with van der Waals surface area (Å²) in [4.78, 5) is 8.23. The van der Waals surface area contributed by atoms with Gasteiger partial charge in [0, 0.05) is 5.56 Å². The number of unbranched alkanes of at least 4 members (excludes halogenated alkanes) is 4. The van der Waals surface area contributed by atoms with Crippen molar-refractivity contribution in [3.8, 4) is 11.3 Å². The molecule has 0 bridgehead atoms. The summed E-state index contributed by atoms with van der Waals surface area (Å²) >= 11 is 0. The second kappa shape index (κ2) is 7.67. The molecule has 0 aliphatic heterocycles. The van der Waals surface area contributed by atoms with Crippen LogP contribution >= 0.6 is 0 Å². The summed E-state index contributed by atoms with van der Waals surface area (Å²) in [6.07, 6.45) is 13.9. The van der Waals surface area contributed by atoms with Gasteiger partial charge in [0.1, 0.15) is 6.20 Å². The standard InChI is InChI=1S/C17H21N2/c1-2-3-4-5-6-7-15-8-10-16(11-9-15)17-14-18-12-13-19-17/h8-11,13-14H,2-7H2,1H3. The zero-order valence-electron chi connectivity index (χ0n) is 11.6. The lowest BCUT2D eigenvalue weighted by molar-refractivity contribution is 0.632. The zero-order chi connectivity index (χ0) is 13.3. The Labute approximate surface area is 115 Å². The third kappa shape index (κ3) is 4.47. The maximum Gasteiger partial charge on any atom is 0.109 e. The Bertz CT molecular complexity index is 462. The highest BCUT2D eigenvalue weighted by Crippen LogP contribution is 2.17. The molecule has 0 unspecified atom stereocenters. The monoisotopic (exact) mass is 253 g/mol. The average molecular weight is 253 g/mol. The lowest BCUT2D eigenvalue weighted by atomic mass is 10.0. The molecule has 0 spiro atoms. The van der Waals surface area contributed by atoms with Gasteiger partial charge in [0.15, 0.2) is 0 Å². The summed E-state index contributed by atoms with van der Waals surface area (Å²) in [6, 6.07) is 8.66. The Balaban J connectivity index is 1.85. The lowest BCUT2D eigenvalue weighted by Crippen LogP contribution is -1.88. The molecule has 0 aliphatic carbocycles. The van der Waals surface area contributed by atoms with Gasteiger partial charge >= 0.3 is 0 Å². The van der Waals surface area contributed by atoms with Gasteiger partial charge in [-0.2, -0.15) is 0 Å². The molecule has 2 nitrogen and oxygen atoms in total.